The fourth-order valence-corrected chi connectivity index (χ4v) is 3.28. The minimum atomic E-state index is 0.0818. The molecule has 6 heteroatoms. The average molecular weight is 360 g/mol. The van der Waals surface area contributed by atoms with Crippen molar-refractivity contribution < 1.29 is 4.79 Å². The summed E-state index contributed by atoms with van der Waals surface area (Å²) in [6.07, 6.45) is 2.51. The van der Waals surface area contributed by atoms with E-state index in [0.717, 1.165) is 38.4 Å². The molecule has 0 bridgehead atoms. The van der Waals surface area contributed by atoms with Gasteiger partial charge in [0.1, 0.15) is 0 Å². The van der Waals surface area contributed by atoms with Gasteiger partial charge >= 0.3 is 0 Å². The van der Waals surface area contributed by atoms with E-state index in [2.05, 4.69) is 63.1 Å². The number of nitrogens with zero attached hydrogens (tertiary/aromatic N) is 2. The molecule has 0 aromatic heterocycles. The van der Waals surface area contributed by atoms with E-state index in [1.165, 1.54) is 5.56 Å². The summed E-state index contributed by atoms with van der Waals surface area (Å²) >= 11 is 0. The molecule has 0 aliphatic carbocycles. The van der Waals surface area contributed by atoms with Gasteiger partial charge in [0, 0.05) is 51.7 Å². The Kier molecular flexibility index (Phi) is 8.41. The van der Waals surface area contributed by atoms with Gasteiger partial charge in [-0.3, -0.25) is 14.7 Å². The molecule has 1 aliphatic heterocycles. The zero-order valence-electron chi connectivity index (χ0n) is 16.3. The summed E-state index contributed by atoms with van der Waals surface area (Å²) in [5, 5.41) is 9.62. The van der Waals surface area contributed by atoms with Crippen LogP contribution in [0.3, 0.4) is 0 Å². The normalized spacial score (nSPS) is 20.8. The van der Waals surface area contributed by atoms with Crippen LogP contribution in [-0.4, -0.2) is 55.5 Å². The number of nitrogens with one attached hydrogen (secondary N) is 3. The smallest absolute Gasteiger partial charge is 0.221 e. The Hall–Kier alpha value is -2.08. The molecular weight excluding hydrogens is 326 g/mol. The zero-order valence-corrected chi connectivity index (χ0v) is 16.3. The van der Waals surface area contributed by atoms with Crippen LogP contribution in [0.15, 0.2) is 35.3 Å². The Morgan fingerprint density at radius 3 is 2.69 bits per heavy atom. The van der Waals surface area contributed by atoms with Gasteiger partial charge in [0.25, 0.3) is 0 Å². The van der Waals surface area contributed by atoms with Crippen LogP contribution < -0.4 is 16.0 Å². The van der Waals surface area contributed by atoms with Crippen LogP contribution in [-0.2, 0) is 11.3 Å². The molecule has 0 saturated carbocycles. The molecule has 26 heavy (non-hydrogen) atoms. The summed E-state index contributed by atoms with van der Waals surface area (Å²) < 4.78 is 0. The van der Waals surface area contributed by atoms with Gasteiger partial charge in [-0.25, -0.2) is 0 Å². The molecule has 2 rings (SSSR count). The van der Waals surface area contributed by atoms with E-state index < -0.39 is 0 Å². The molecule has 1 aromatic rings. The summed E-state index contributed by atoms with van der Waals surface area (Å²) in [5.74, 6) is 0.852. The van der Waals surface area contributed by atoms with E-state index in [0.29, 0.717) is 25.0 Å². The highest BCUT2D eigenvalue weighted by Gasteiger charge is 2.29. The Bertz CT molecular complexity index is 575. The minimum Gasteiger partial charge on any atom is -0.356 e. The Morgan fingerprint density at radius 2 is 2.00 bits per heavy atom. The first-order valence-corrected chi connectivity index (χ1v) is 9.64. The Balaban J connectivity index is 1.74. The van der Waals surface area contributed by atoms with Crippen molar-refractivity contribution in [2.75, 3.05) is 26.7 Å². The Morgan fingerprint density at radius 1 is 1.23 bits per heavy atom. The number of rotatable bonds is 8. The van der Waals surface area contributed by atoms with Gasteiger partial charge in [-0.2, -0.15) is 0 Å². The predicted octanol–water partition coefficient (Wildman–Crippen LogP) is 1.73. The van der Waals surface area contributed by atoms with E-state index in [-0.39, 0.29) is 5.91 Å². The van der Waals surface area contributed by atoms with Crippen molar-refractivity contribution in [2.45, 2.75) is 51.7 Å². The first-order valence-electron chi connectivity index (χ1n) is 9.64. The molecule has 0 spiro atoms. The third kappa shape index (κ3) is 6.67. The highest BCUT2D eigenvalue weighted by molar-refractivity contribution is 5.81. The summed E-state index contributed by atoms with van der Waals surface area (Å²) in [6.45, 7) is 7.62. The maximum atomic E-state index is 11.7. The number of benzene rings is 1. The van der Waals surface area contributed by atoms with Crippen molar-refractivity contribution in [1.29, 1.82) is 0 Å². The van der Waals surface area contributed by atoms with Crippen LogP contribution >= 0.6 is 0 Å². The molecule has 1 heterocycles. The molecular formula is C20H33N5O. The van der Waals surface area contributed by atoms with E-state index >= 15 is 0 Å². The second kappa shape index (κ2) is 10.8. The van der Waals surface area contributed by atoms with E-state index in [9.17, 15) is 4.79 Å². The average Bonchev–Trinajstić information content (AvgIpc) is 2.99. The maximum absolute atomic E-state index is 11.7. The van der Waals surface area contributed by atoms with Crippen molar-refractivity contribution in [2.24, 2.45) is 4.99 Å². The fourth-order valence-electron chi connectivity index (χ4n) is 3.28. The van der Waals surface area contributed by atoms with Crippen LogP contribution in [0.1, 0.15) is 38.7 Å². The number of guanidine groups is 1. The molecule has 1 aliphatic rings. The maximum Gasteiger partial charge on any atom is 0.221 e. The molecule has 144 valence electrons. The standard InChI is InChI=1S/C20H33N5O/c1-4-11-22-19(26)10-12-23-20(21-3)24-18-13-16(2)25(15-18)14-17-8-6-5-7-9-17/h5-9,16,18H,4,10-15H2,1-3H3,(H,22,26)(H2,21,23,24). The van der Waals surface area contributed by atoms with Gasteiger partial charge in [0.05, 0.1) is 0 Å². The summed E-state index contributed by atoms with van der Waals surface area (Å²) in [4.78, 5) is 18.4. The molecule has 2 atom stereocenters. The van der Waals surface area contributed by atoms with Crippen LogP contribution in [0, 0.1) is 0 Å². The van der Waals surface area contributed by atoms with Crippen LogP contribution in [0.4, 0.5) is 0 Å². The third-order valence-electron chi connectivity index (χ3n) is 4.71. The molecule has 1 fully saturated rings. The number of aliphatic imine (C=N–C) groups is 1. The molecule has 3 N–H and O–H groups in total. The lowest BCUT2D eigenvalue weighted by molar-refractivity contribution is -0.120. The summed E-state index contributed by atoms with van der Waals surface area (Å²) in [6, 6.07) is 11.5. The van der Waals surface area contributed by atoms with Gasteiger partial charge in [0.2, 0.25) is 5.91 Å². The first kappa shape index (κ1) is 20.2. The van der Waals surface area contributed by atoms with Crippen LogP contribution in [0.5, 0.6) is 0 Å². The van der Waals surface area contributed by atoms with Crippen molar-refractivity contribution in [3.63, 3.8) is 0 Å². The first-order chi connectivity index (χ1) is 12.6. The SMILES string of the molecule is CCCNC(=O)CCNC(=NC)NC1CC(C)N(Cc2ccccc2)C1. The number of carbonyl (C=O) groups is 1. The molecule has 6 nitrogen and oxygen atoms in total. The summed E-state index contributed by atoms with van der Waals surface area (Å²) in [5.41, 5.74) is 1.35. The van der Waals surface area contributed by atoms with Gasteiger partial charge < -0.3 is 16.0 Å². The quantitative estimate of drug-likeness (QED) is 0.488. The summed E-state index contributed by atoms with van der Waals surface area (Å²) in [7, 11) is 1.77. The number of amides is 1. The monoisotopic (exact) mass is 359 g/mol. The Labute approximate surface area is 157 Å². The van der Waals surface area contributed by atoms with E-state index in [4.69, 9.17) is 0 Å². The van der Waals surface area contributed by atoms with E-state index in [1.54, 1.807) is 7.05 Å². The fraction of sp³-hybridized carbons (Fsp3) is 0.600. The zero-order chi connectivity index (χ0) is 18.8. The van der Waals surface area contributed by atoms with Crippen LogP contribution in [0.25, 0.3) is 0 Å². The third-order valence-corrected chi connectivity index (χ3v) is 4.71. The molecule has 1 amide bonds. The lowest BCUT2D eigenvalue weighted by atomic mass is 10.2. The second-order valence-corrected chi connectivity index (χ2v) is 6.94. The highest BCUT2D eigenvalue weighted by Crippen LogP contribution is 2.20. The van der Waals surface area contributed by atoms with Crippen molar-refractivity contribution in [1.82, 2.24) is 20.9 Å². The number of hydrogen-bond acceptors (Lipinski definition) is 3. The minimum absolute atomic E-state index is 0.0818. The largest absolute Gasteiger partial charge is 0.356 e. The molecule has 2 unspecified atom stereocenters. The van der Waals surface area contributed by atoms with Gasteiger partial charge in [-0.1, -0.05) is 37.3 Å². The molecule has 1 aromatic carbocycles. The lowest BCUT2D eigenvalue weighted by Gasteiger charge is -2.21. The van der Waals surface area contributed by atoms with Crippen molar-refractivity contribution in [3.8, 4) is 0 Å². The van der Waals surface area contributed by atoms with Gasteiger partial charge in [-0.05, 0) is 25.3 Å². The topological polar surface area (TPSA) is 68.8 Å². The molecule has 1 saturated heterocycles. The van der Waals surface area contributed by atoms with Crippen molar-refractivity contribution >= 4 is 11.9 Å². The predicted molar refractivity (Wildman–Crippen MR) is 107 cm³/mol. The van der Waals surface area contributed by atoms with Crippen LogP contribution in [0.2, 0.25) is 0 Å². The molecule has 0 radical (unpaired) electrons. The van der Waals surface area contributed by atoms with E-state index in [1.807, 2.05) is 6.92 Å². The number of likely N-dealkylation sites (tertiary alicyclic amines) is 1. The number of carbonyl (C=O) groups excluding carboxylic acids is 1. The van der Waals surface area contributed by atoms with Gasteiger partial charge in [-0.15, -0.1) is 0 Å². The number of hydrogen-bond donors (Lipinski definition) is 3. The van der Waals surface area contributed by atoms with Gasteiger partial charge in [0.15, 0.2) is 5.96 Å². The van der Waals surface area contributed by atoms with Crippen molar-refractivity contribution in [3.05, 3.63) is 35.9 Å². The lowest BCUT2D eigenvalue weighted by Crippen LogP contribution is -2.45. The highest BCUT2D eigenvalue weighted by atomic mass is 16.1. The second-order valence-electron chi connectivity index (χ2n) is 6.94.